The Hall–Kier alpha value is -2.30. The van der Waals surface area contributed by atoms with E-state index in [9.17, 15) is 4.79 Å². The summed E-state index contributed by atoms with van der Waals surface area (Å²) in [6.07, 6.45) is 5.51. The number of nitrogens with zero attached hydrogens (tertiary/aromatic N) is 3. The molecule has 0 unspecified atom stereocenters. The number of rotatable bonds is 5. The highest BCUT2D eigenvalue weighted by Gasteiger charge is 2.09. The topological polar surface area (TPSA) is 47.4 Å². The van der Waals surface area contributed by atoms with Crippen molar-refractivity contribution in [3.63, 3.8) is 0 Å². The maximum atomic E-state index is 11.9. The van der Waals surface area contributed by atoms with Gasteiger partial charge in [0.1, 0.15) is 12.1 Å². The molecule has 5 heteroatoms. The van der Waals surface area contributed by atoms with E-state index < -0.39 is 0 Å². The fraction of sp³-hybridized carbons (Fsp3) is 0.286. The van der Waals surface area contributed by atoms with Crippen molar-refractivity contribution in [1.82, 2.24) is 14.5 Å². The predicted molar refractivity (Wildman–Crippen MR) is 72.2 cm³/mol. The molecule has 100 valence electrons. The van der Waals surface area contributed by atoms with Gasteiger partial charge in [0.05, 0.1) is 6.61 Å². The Kier molecular flexibility index (Phi) is 4.55. The van der Waals surface area contributed by atoms with Crippen LogP contribution in [0.5, 0.6) is 5.75 Å². The van der Waals surface area contributed by atoms with Crippen molar-refractivity contribution in [2.24, 2.45) is 0 Å². The Bertz CT molecular complexity index is 497. The normalized spacial score (nSPS) is 10.2. The van der Waals surface area contributed by atoms with Crippen LogP contribution in [-0.2, 0) is 0 Å². The monoisotopic (exact) mass is 259 g/mol. The number of para-hydroxylation sites is 1. The molecular weight excluding hydrogens is 242 g/mol. The average Bonchev–Trinajstić information content (AvgIpc) is 2.98. The summed E-state index contributed by atoms with van der Waals surface area (Å²) in [4.78, 5) is 17.4. The number of aromatic nitrogens is 2. The smallest absolute Gasteiger partial charge is 0.329 e. The summed E-state index contributed by atoms with van der Waals surface area (Å²) in [5.41, 5.74) is 0. The number of carbonyl (C=O) groups excluding carboxylic acids is 1. The minimum atomic E-state index is -0.0859. The van der Waals surface area contributed by atoms with Gasteiger partial charge in [-0.05, 0) is 18.6 Å². The maximum Gasteiger partial charge on any atom is 0.329 e. The van der Waals surface area contributed by atoms with Crippen LogP contribution in [0.1, 0.15) is 6.42 Å². The molecule has 0 fully saturated rings. The molecule has 0 radical (unpaired) electrons. The van der Waals surface area contributed by atoms with Gasteiger partial charge in [0.15, 0.2) is 0 Å². The van der Waals surface area contributed by atoms with Gasteiger partial charge in [-0.2, -0.15) is 0 Å². The molecule has 2 aromatic rings. The molecule has 0 atom stereocenters. The van der Waals surface area contributed by atoms with Crippen molar-refractivity contribution >= 4 is 6.03 Å². The summed E-state index contributed by atoms with van der Waals surface area (Å²) in [5.74, 6) is 0.853. The van der Waals surface area contributed by atoms with Gasteiger partial charge in [0.2, 0.25) is 0 Å². The standard InChI is InChI=1S/C14H17N3O2/c1-16(14(18)17-10-8-15-12-17)9-5-11-19-13-6-3-2-4-7-13/h2-4,6-8,10,12H,5,9,11H2,1H3. The van der Waals surface area contributed by atoms with Gasteiger partial charge < -0.3 is 9.64 Å². The van der Waals surface area contributed by atoms with Gasteiger partial charge in [-0.3, -0.25) is 4.57 Å². The average molecular weight is 259 g/mol. The number of ether oxygens (including phenoxy) is 1. The molecule has 1 aromatic carbocycles. The molecule has 0 aliphatic rings. The number of benzene rings is 1. The first kappa shape index (κ1) is 13.1. The van der Waals surface area contributed by atoms with Crippen molar-refractivity contribution in [2.45, 2.75) is 6.42 Å². The second-order valence-electron chi connectivity index (χ2n) is 4.19. The van der Waals surface area contributed by atoms with Crippen LogP contribution in [-0.4, -0.2) is 40.7 Å². The molecule has 2 rings (SSSR count). The summed E-state index contributed by atoms with van der Waals surface area (Å²) in [7, 11) is 1.77. The zero-order valence-corrected chi connectivity index (χ0v) is 10.9. The second-order valence-corrected chi connectivity index (χ2v) is 4.19. The fourth-order valence-electron chi connectivity index (χ4n) is 1.67. The quantitative estimate of drug-likeness (QED) is 0.774. The first-order valence-corrected chi connectivity index (χ1v) is 6.18. The van der Waals surface area contributed by atoms with Gasteiger partial charge in [0, 0.05) is 26.0 Å². The Balaban J connectivity index is 1.70. The third-order valence-electron chi connectivity index (χ3n) is 2.70. The fourth-order valence-corrected chi connectivity index (χ4v) is 1.67. The largest absolute Gasteiger partial charge is 0.494 e. The molecule has 0 aliphatic heterocycles. The molecule has 0 N–H and O–H groups in total. The Morgan fingerprint density at radius 3 is 2.84 bits per heavy atom. The SMILES string of the molecule is CN(CCCOc1ccccc1)C(=O)n1ccnc1. The van der Waals surface area contributed by atoms with E-state index in [0.717, 1.165) is 12.2 Å². The third-order valence-corrected chi connectivity index (χ3v) is 2.70. The van der Waals surface area contributed by atoms with Crippen molar-refractivity contribution in [2.75, 3.05) is 20.2 Å². The van der Waals surface area contributed by atoms with Gasteiger partial charge in [-0.15, -0.1) is 0 Å². The zero-order chi connectivity index (χ0) is 13.5. The molecule has 5 nitrogen and oxygen atoms in total. The van der Waals surface area contributed by atoms with Crippen LogP contribution < -0.4 is 4.74 Å². The molecule has 1 aromatic heterocycles. The molecule has 0 bridgehead atoms. The molecule has 0 spiro atoms. The zero-order valence-electron chi connectivity index (χ0n) is 10.9. The maximum absolute atomic E-state index is 11.9. The Labute approximate surface area is 112 Å². The highest BCUT2D eigenvalue weighted by atomic mass is 16.5. The van der Waals surface area contributed by atoms with Crippen molar-refractivity contribution in [1.29, 1.82) is 0 Å². The van der Waals surface area contributed by atoms with Crippen LogP contribution in [0.4, 0.5) is 4.79 Å². The lowest BCUT2D eigenvalue weighted by Crippen LogP contribution is -2.31. The van der Waals surface area contributed by atoms with E-state index in [2.05, 4.69) is 4.98 Å². The first-order chi connectivity index (χ1) is 9.27. The lowest BCUT2D eigenvalue weighted by Gasteiger charge is -2.17. The summed E-state index contributed by atoms with van der Waals surface area (Å²) < 4.78 is 7.03. The van der Waals surface area contributed by atoms with Gasteiger partial charge in [-0.25, -0.2) is 9.78 Å². The van der Waals surface area contributed by atoms with Crippen LogP contribution in [0, 0.1) is 0 Å². The van der Waals surface area contributed by atoms with E-state index >= 15 is 0 Å². The highest BCUT2D eigenvalue weighted by Crippen LogP contribution is 2.08. The Morgan fingerprint density at radius 2 is 2.16 bits per heavy atom. The summed E-state index contributed by atoms with van der Waals surface area (Å²) in [5, 5.41) is 0. The molecule has 19 heavy (non-hydrogen) atoms. The van der Waals surface area contributed by atoms with E-state index in [4.69, 9.17) is 4.74 Å². The van der Waals surface area contributed by atoms with Crippen LogP contribution in [0.25, 0.3) is 0 Å². The molecule has 1 heterocycles. The first-order valence-electron chi connectivity index (χ1n) is 6.18. The van der Waals surface area contributed by atoms with Crippen molar-refractivity contribution in [3.05, 3.63) is 49.1 Å². The highest BCUT2D eigenvalue weighted by molar-refractivity contribution is 5.76. The van der Waals surface area contributed by atoms with Gasteiger partial charge in [-0.1, -0.05) is 18.2 Å². The van der Waals surface area contributed by atoms with Crippen molar-refractivity contribution < 1.29 is 9.53 Å². The second kappa shape index (κ2) is 6.58. The number of carbonyl (C=O) groups is 1. The number of hydrogen-bond acceptors (Lipinski definition) is 3. The van der Waals surface area contributed by atoms with E-state index in [1.165, 1.54) is 10.9 Å². The Morgan fingerprint density at radius 1 is 1.37 bits per heavy atom. The number of imidazole rings is 1. The summed E-state index contributed by atoms with van der Waals surface area (Å²) in [6.45, 7) is 1.23. The molecule has 0 saturated carbocycles. The van der Waals surface area contributed by atoms with Gasteiger partial charge >= 0.3 is 6.03 Å². The summed E-state index contributed by atoms with van der Waals surface area (Å²) >= 11 is 0. The van der Waals surface area contributed by atoms with Gasteiger partial charge in [0.25, 0.3) is 0 Å². The van der Waals surface area contributed by atoms with E-state index in [1.54, 1.807) is 24.3 Å². The minimum absolute atomic E-state index is 0.0859. The van der Waals surface area contributed by atoms with E-state index in [-0.39, 0.29) is 6.03 Å². The molecule has 1 amide bonds. The van der Waals surface area contributed by atoms with Crippen LogP contribution in [0.2, 0.25) is 0 Å². The lowest BCUT2D eigenvalue weighted by atomic mass is 10.3. The number of amides is 1. The molecule has 0 saturated heterocycles. The van der Waals surface area contributed by atoms with Crippen LogP contribution >= 0.6 is 0 Å². The van der Waals surface area contributed by atoms with Crippen molar-refractivity contribution in [3.8, 4) is 5.75 Å². The lowest BCUT2D eigenvalue weighted by molar-refractivity contribution is 0.205. The molecule has 0 aliphatic carbocycles. The summed E-state index contributed by atoms with van der Waals surface area (Å²) in [6, 6.07) is 9.57. The third kappa shape index (κ3) is 3.84. The van der Waals surface area contributed by atoms with E-state index in [1.807, 2.05) is 30.3 Å². The molecular formula is C14H17N3O2. The van der Waals surface area contributed by atoms with Crippen LogP contribution in [0.3, 0.4) is 0 Å². The minimum Gasteiger partial charge on any atom is -0.494 e. The van der Waals surface area contributed by atoms with E-state index in [0.29, 0.717) is 13.2 Å². The van der Waals surface area contributed by atoms with Crippen LogP contribution in [0.15, 0.2) is 49.1 Å². The predicted octanol–water partition coefficient (Wildman–Crippen LogP) is 2.25. The number of hydrogen-bond donors (Lipinski definition) is 0.